The van der Waals surface area contributed by atoms with Gasteiger partial charge in [-0.05, 0) is 48.1 Å². The molecule has 0 aromatic heterocycles. The molecule has 1 aliphatic carbocycles. The van der Waals surface area contributed by atoms with Crippen molar-refractivity contribution < 1.29 is 4.79 Å². The van der Waals surface area contributed by atoms with E-state index in [1.54, 1.807) is 0 Å². The second-order valence-corrected chi connectivity index (χ2v) is 5.41. The molecule has 0 aliphatic heterocycles. The molecule has 1 fully saturated rings. The van der Waals surface area contributed by atoms with Gasteiger partial charge in [0, 0.05) is 10.9 Å². The lowest BCUT2D eigenvalue weighted by Crippen LogP contribution is -2.13. The van der Waals surface area contributed by atoms with Crippen LogP contribution in [0.3, 0.4) is 0 Å². The molecule has 0 bridgehead atoms. The molecule has 1 aromatic rings. The summed E-state index contributed by atoms with van der Waals surface area (Å²) in [5, 5.41) is 0.727. The maximum Gasteiger partial charge on any atom is 0.162 e. The van der Waals surface area contributed by atoms with Gasteiger partial charge in [-0.25, -0.2) is 0 Å². The number of carbonyl (C=O) groups excluding carboxylic acids is 1. The summed E-state index contributed by atoms with van der Waals surface area (Å²) < 4.78 is 0. The molecule has 1 saturated carbocycles. The Morgan fingerprint density at radius 2 is 1.94 bits per heavy atom. The minimum Gasteiger partial charge on any atom is -0.294 e. The highest BCUT2D eigenvalue weighted by Gasteiger charge is 2.31. The fourth-order valence-electron chi connectivity index (χ4n) is 2.34. The maximum absolute atomic E-state index is 12.1. The number of hydrogen-bond acceptors (Lipinski definition) is 1. The number of halogens is 1. The van der Waals surface area contributed by atoms with Crippen LogP contribution in [0.2, 0.25) is 5.02 Å². The zero-order valence-corrected chi connectivity index (χ0v) is 11.0. The van der Waals surface area contributed by atoms with E-state index < -0.39 is 0 Å². The number of Topliss-reactive ketones (excluding diaryl/α,β-unsaturated/α-hetero) is 1. The van der Waals surface area contributed by atoms with E-state index in [0.29, 0.717) is 11.7 Å². The van der Waals surface area contributed by atoms with E-state index in [1.165, 1.54) is 0 Å². The van der Waals surface area contributed by atoms with E-state index in [1.807, 2.05) is 30.3 Å². The van der Waals surface area contributed by atoms with E-state index in [4.69, 9.17) is 11.6 Å². The van der Waals surface area contributed by atoms with Crippen LogP contribution in [0.4, 0.5) is 0 Å². The molecule has 0 N–H and O–H groups in total. The van der Waals surface area contributed by atoms with Crippen LogP contribution in [0, 0.1) is 11.8 Å². The van der Waals surface area contributed by atoms with Crippen LogP contribution in [-0.4, -0.2) is 5.78 Å². The van der Waals surface area contributed by atoms with Crippen LogP contribution in [0.15, 0.2) is 29.8 Å². The van der Waals surface area contributed by atoms with Gasteiger partial charge < -0.3 is 0 Å². The standard InChI is InChI=1S/C15H17ClO/c1-10(2)14-8-5-12(15(14)17)9-11-3-6-13(16)7-4-11/h3-4,6-7,9-10,14H,5,8H2,1-2H3/b12-9-. The Hall–Kier alpha value is -1.08. The highest BCUT2D eigenvalue weighted by atomic mass is 35.5. The van der Waals surface area contributed by atoms with Crippen molar-refractivity contribution >= 4 is 23.5 Å². The molecule has 0 heterocycles. The first-order valence-electron chi connectivity index (χ1n) is 6.08. The first-order valence-corrected chi connectivity index (χ1v) is 6.46. The van der Waals surface area contributed by atoms with Gasteiger partial charge in [0.15, 0.2) is 5.78 Å². The van der Waals surface area contributed by atoms with Crippen LogP contribution in [0.1, 0.15) is 32.3 Å². The Labute approximate surface area is 107 Å². The summed E-state index contributed by atoms with van der Waals surface area (Å²) in [6.07, 6.45) is 3.90. The molecule has 0 saturated heterocycles. The van der Waals surface area contributed by atoms with Crippen molar-refractivity contribution in [3.05, 3.63) is 40.4 Å². The Bertz CT molecular complexity index is 442. The predicted molar refractivity (Wildman–Crippen MR) is 72.0 cm³/mol. The Morgan fingerprint density at radius 1 is 1.29 bits per heavy atom. The van der Waals surface area contributed by atoms with Gasteiger partial charge in [0.2, 0.25) is 0 Å². The van der Waals surface area contributed by atoms with Crippen LogP contribution < -0.4 is 0 Å². The zero-order valence-electron chi connectivity index (χ0n) is 10.2. The Morgan fingerprint density at radius 3 is 2.47 bits per heavy atom. The average molecular weight is 249 g/mol. The Kier molecular flexibility index (Phi) is 3.68. The lowest BCUT2D eigenvalue weighted by molar-refractivity contribution is -0.118. The molecule has 0 amide bonds. The van der Waals surface area contributed by atoms with Gasteiger partial charge in [-0.15, -0.1) is 0 Å². The number of carbonyl (C=O) groups is 1. The van der Waals surface area contributed by atoms with Gasteiger partial charge >= 0.3 is 0 Å². The van der Waals surface area contributed by atoms with E-state index in [-0.39, 0.29) is 5.92 Å². The molecule has 2 heteroatoms. The van der Waals surface area contributed by atoms with Gasteiger partial charge in [0.05, 0.1) is 0 Å². The van der Waals surface area contributed by atoms with Crippen LogP contribution >= 0.6 is 11.6 Å². The molecule has 1 aromatic carbocycles. The summed E-state index contributed by atoms with van der Waals surface area (Å²) >= 11 is 5.83. The molecule has 0 radical (unpaired) electrons. The van der Waals surface area contributed by atoms with E-state index in [0.717, 1.165) is 29.0 Å². The first-order chi connectivity index (χ1) is 8.08. The SMILES string of the molecule is CC(C)C1CC/C(=C/c2ccc(Cl)cc2)C1=O. The fourth-order valence-corrected chi connectivity index (χ4v) is 2.47. The second-order valence-electron chi connectivity index (χ2n) is 4.97. The van der Waals surface area contributed by atoms with Crippen LogP contribution in [0.5, 0.6) is 0 Å². The van der Waals surface area contributed by atoms with E-state index >= 15 is 0 Å². The number of rotatable bonds is 2. The summed E-state index contributed by atoms with van der Waals surface area (Å²) in [4.78, 5) is 12.1. The van der Waals surface area contributed by atoms with Gasteiger partial charge in [-0.3, -0.25) is 4.79 Å². The number of hydrogen-bond donors (Lipinski definition) is 0. The van der Waals surface area contributed by atoms with Gasteiger partial charge in [-0.2, -0.15) is 0 Å². The monoisotopic (exact) mass is 248 g/mol. The molecule has 0 spiro atoms. The lowest BCUT2D eigenvalue weighted by atomic mass is 9.93. The lowest BCUT2D eigenvalue weighted by Gasteiger charge is -2.10. The minimum absolute atomic E-state index is 0.216. The highest BCUT2D eigenvalue weighted by molar-refractivity contribution is 6.30. The normalized spacial score (nSPS) is 22.7. The third kappa shape index (κ3) is 2.78. The van der Waals surface area contributed by atoms with E-state index in [2.05, 4.69) is 13.8 Å². The summed E-state index contributed by atoms with van der Waals surface area (Å²) in [5.74, 6) is 0.988. The summed E-state index contributed by atoms with van der Waals surface area (Å²) in [6.45, 7) is 4.24. The zero-order chi connectivity index (χ0) is 12.4. The summed E-state index contributed by atoms with van der Waals surface area (Å²) in [6, 6.07) is 7.61. The van der Waals surface area contributed by atoms with Crippen molar-refractivity contribution in [3.8, 4) is 0 Å². The fraction of sp³-hybridized carbons (Fsp3) is 0.400. The van der Waals surface area contributed by atoms with Crippen molar-refractivity contribution in [3.63, 3.8) is 0 Å². The van der Waals surface area contributed by atoms with Crippen LogP contribution in [-0.2, 0) is 4.79 Å². The molecule has 1 atom stereocenters. The molecule has 1 aliphatic rings. The van der Waals surface area contributed by atoms with Crippen molar-refractivity contribution in [2.45, 2.75) is 26.7 Å². The second kappa shape index (κ2) is 5.05. The first kappa shape index (κ1) is 12.4. The largest absolute Gasteiger partial charge is 0.294 e. The Balaban J connectivity index is 2.19. The average Bonchev–Trinajstić information content (AvgIpc) is 2.64. The van der Waals surface area contributed by atoms with E-state index in [9.17, 15) is 4.79 Å². The topological polar surface area (TPSA) is 17.1 Å². The molecule has 90 valence electrons. The number of benzene rings is 1. The maximum atomic E-state index is 12.1. The van der Waals surface area contributed by atoms with Crippen molar-refractivity contribution in [1.29, 1.82) is 0 Å². The molecule has 2 rings (SSSR count). The summed E-state index contributed by atoms with van der Waals surface area (Å²) in [5.41, 5.74) is 2.02. The predicted octanol–water partition coefficient (Wildman–Crippen LogP) is 4.36. The third-order valence-electron chi connectivity index (χ3n) is 3.39. The van der Waals surface area contributed by atoms with Crippen molar-refractivity contribution in [2.75, 3.05) is 0 Å². The highest BCUT2D eigenvalue weighted by Crippen LogP contribution is 2.33. The number of ketones is 1. The minimum atomic E-state index is 0.216. The van der Waals surface area contributed by atoms with Crippen molar-refractivity contribution in [2.24, 2.45) is 11.8 Å². The summed E-state index contributed by atoms with van der Waals surface area (Å²) in [7, 11) is 0. The van der Waals surface area contributed by atoms with Gasteiger partial charge in [-0.1, -0.05) is 37.6 Å². The molecular formula is C15H17ClO. The van der Waals surface area contributed by atoms with Gasteiger partial charge in [0.1, 0.15) is 0 Å². The van der Waals surface area contributed by atoms with Crippen molar-refractivity contribution in [1.82, 2.24) is 0 Å². The molecule has 1 nitrogen and oxygen atoms in total. The smallest absolute Gasteiger partial charge is 0.162 e. The quantitative estimate of drug-likeness (QED) is 0.711. The van der Waals surface area contributed by atoms with Gasteiger partial charge in [0.25, 0.3) is 0 Å². The molecular weight excluding hydrogens is 232 g/mol. The molecule has 17 heavy (non-hydrogen) atoms. The van der Waals surface area contributed by atoms with Crippen LogP contribution in [0.25, 0.3) is 6.08 Å². The molecule has 1 unspecified atom stereocenters. The number of allylic oxidation sites excluding steroid dienone is 1. The third-order valence-corrected chi connectivity index (χ3v) is 3.65.